The van der Waals surface area contributed by atoms with Gasteiger partial charge < -0.3 is 0 Å². The molecular weight excluding hydrogens is 130 g/mol. The quantitative estimate of drug-likeness (QED) is 0.356. The van der Waals surface area contributed by atoms with Gasteiger partial charge in [-0.05, 0) is 12.8 Å². The van der Waals surface area contributed by atoms with E-state index in [2.05, 4.69) is 0 Å². The van der Waals surface area contributed by atoms with Crippen molar-refractivity contribution in [3.05, 3.63) is 0 Å². The molecule has 0 saturated heterocycles. The van der Waals surface area contributed by atoms with Crippen LogP contribution in [0.2, 0.25) is 0 Å². The lowest BCUT2D eigenvalue weighted by Gasteiger charge is -2.24. The van der Waals surface area contributed by atoms with Crippen LogP contribution in [0.25, 0.3) is 0 Å². The summed E-state index contributed by atoms with van der Waals surface area (Å²) in [6, 6.07) is 0.0336. The van der Waals surface area contributed by atoms with Gasteiger partial charge in [0.2, 0.25) is 0 Å². The molecule has 1 radical (unpaired) electrons. The van der Waals surface area contributed by atoms with Gasteiger partial charge in [-0.25, -0.2) is 5.06 Å². The van der Waals surface area contributed by atoms with Gasteiger partial charge in [-0.3, -0.25) is 10.0 Å². The number of hydrogen-bond donors (Lipinski definition) is 1. The van der Waals surface area contributed by atoms with Crippen molar-refractivity contribution in [2.45, 2.75) is 38.1 Å². The van der Waals surface area contributed by atoms with Crippen LogP contribution in [0.3, 0.4) is 0 Å². The number of rotatable bonds is 2. The highest BCUT2D eigenvalue weighted by Crippen LogP contribution is 2.20. The topological polar surface area (TPSA) is 40.5 Å². The van der Waals surface area contributed by atoms with Gasteiger partial charge in [-0.1, -0.05) is 19.3 Å². The van der Waals surface area contributed by atoms with Crippen LogP contribution < -0.4 is 0 Å². The number of nitrogens with zero attached hydrogens (tertiary/aromatic N) is 1. The van der Waals surface area contributed by atoms with Crippen LogP contribution in [0.15, 0.2) is 0 Å². The lowest BCUT2D eigenvalue weighted by molar-refractivity contribution is -0.0655. The summed E-state index contributed by atoms with van der Waals surface area (Å²) in [6.45, 7) is 0. The van der Waals surface area contributed by atoms with Crippen molar-refractivity contribution in [2.75, 3.05) is 0 Å². The van der Waals surface area contributed by atoms with Crippen molar-refractivity contribution in [3.8, 4) is 0 Å². The van der Waals surface area contributed by atoms with E-state index >= 15 is 0 Å². The van der Waals surface area contributed by atoms with Crippen molar-refractivity contribution >= 4 is 6.41 Å². The van der Waals surface area contributed by atoms with Gasteiger partial charge in [-0.15, -0.1) is 0 Å². The molecule has 1 rings (SSSR count). The Balaban J connectivity index is 2.30. The first kappa shape index (κ1) is 7.54. The molecule has 1 saturated carbocycles. The van der Waals surface area contributed by atoms with E-state index < -0.39 is 0 Å². The molecule has 0 unspecified atom stereocenters. The Bertz CT molecular complexity index is 110. The van der Waals surface area contributed by atoms with Crippen molar-refractivity contribution in [1.29, 1.82) is 0 Å². The van der Waals surface area contributed by atoms with Crippen LogP contribution in [0.1, 0.15) is 32.1 Å². The third-order valence-electron chi connectivity index (χ3n) is 2.01. The van der Waals surface area contributed by atoms with Crippen molar-refractivity contribution in [1.82, 2.24) is 5.06 Å². The maximum atomic E-state index is 9.96. The molecule has 1 amide bonds. The van der Waals surface area contributed by atoms with Gasteiger partial charge in [0.25, 0.3) is 0 Å². The molecule has 0 aliphatic heterocycles. The minimum absolute atomic E-state index is 0.0336. The Hall–Kier alpha value is -0.570. The van der Waals surface area contributed by atoms with E-state index in [0.717, 1.165) is 25.7 Å². The smallest absolute Gasteiger partial charge is 0.285 e. The Morgan fingerprint density at radius 2 is 1.90 bits per heavy atom. The number of carbonyl (C=O) groups excluding carboxylic acids is 1. The largest absolute Gasteiger partial charge is 0.337 e. The third-order valence-corrected chi connectivity index (χ3v) is 2.01. The number of hydroxylamine groups is 2. The molecule has 0 aromatic heterocycles. The summed E-state index contributed by atoms with van der Waals surface area (Å²) in [5.41, 5.74) is 0. The van der Waals surface area contributed by atoms with Crippen LogP contribution in [-0.2, 0) is 4.79 Å². The lowest BCUT2D eigenvalue weighted by atomic mass is 9.95. The van der Waals surface area contributed by atoms with Crippen LogP contribution >= 0.6 is 0 Å². The summed E-state index contributed by atoms with van der Waals surface area (Å²) in [5, 5.41) is 9.57. The van der Waals surface area contributed by atoms with Crippen LogP contribution in [-0.4, -0.2) is 22.7 Å². The zero-order valence-corrected chi connectivity index (χ0v) is 5.92. The first-order valence-corrected chi connectivity index (χ1v) is 3.70. The molecule has 0 bridgehead atoms. The third kappa shape index (κ3) is 1.70. The Kier molecular flexibility index (Phi) is 2.68. The molecule has 3 nitrogen and oxygen atoms in total. The van der Waals surface area contributed by atoms with E-state index in [1.807, 2.05) is 0 Å². The molecule has 0 aromatic rings. The molecule has 1 N–H and O–H groups in total. The van der Waals surface area contributed by atoms with E-state index in [1.165, 1.54) is 12.8 Å². The van der Waals surface area contributed by atoms with Crippen molar-refractivity contribution < 1.29 is 10.0 Å². The van der Waals surface area contributed by atoms with Crippen LogP contribution in [0.4, 0.5) is 0 Å². The van der Waals surface area contributed by atoms with Gasteiger partial charge in [0.15, 0.2) is 0 Å². The minimum atomic E-state index is 0.0336. The summed E-state index contributed by atoms with van der Waals surface area (Å²) in [4.78, 5) is 9.96. The fraction of sp³-hybridized carbons (Fsp3) is 0.857. The summed E-state index contributed by atoms with van der Waals surface area (Å²) in [6.07, 6.45) is 6.77. The van der Waals surface area contributed by atoms with Crippen molar-refractivity contribution in [2.24, 2.45) is 0 Å². The number of hydrogen-bond acceptors (Lipinski definition) is 2. The summed E-state index contributed by atoms with van der Waals surface area (Å²) < 4.78 is 0. The van der Waals surface area contributed by atoms with E-state index in [-0.39, 0.29) is 6.04 Å². The van der Waals surface area contributed by atoms with E-state index in [4.69, 9.17) is 5.21 Å². The highest BCUT2D eigenvalue weighted by molar-refractivity contribution is 5.46. The highest BCUT2D eigenvalue weighted by atomic mass is 16.5. The molecule has 1 aliphatic carbocycles. The Morgan fingerprint density at radius 1 is 1.30 bits per heavy atom. The van der Waals surface area contributed by atoms with Gasteiger partial charge in [-0.2, -0.15) is 0 Å². The molecule has 1 aliphatic rings. The minimum Gasteiger partial charge on any atom is -0.285 e. The summed E-state index contributed by atoms with van der Waals surface area (Å²) in [5.74, 6) is 0. The zero-order chi connectivity index (χ0) is 7.40. The second-order valence-electron chi connectivity index (χ2n) is 2.73. The molecule has 10 heavy (non-hydrogen) atoms. The second-order valence-corrected chi connectivity index (χ2v) is 2.73. The molecule has 57 valence electrons. The highest BCUT2D eigenvalue weighted by Gasteiger charge is 2.18. The molecule has 0 spiro atoms. The summed E-state index contributed by atoms with van der Waals surface area (Å²) >= 11 is 0. The SMILES string of the molecule is O=[C]N(O)C1CCCCC1. The fourth-order valence-corrected chi connectivity index (χ4v) is 1.40. The molecule has 1 fully saturated rings. The molecule has 0 atom stereocenters. The maximum absolute atomic E-state index is 9.96. The first-order chi connectivity index (χ1) is 4.84. The standard InChI is InChI=1S/C7H12NO2/c9-6-8(10)7-4-2-1-3-5-7/h7,10H,1-5H2. The van der Waals surface area contributed by atoms with Crippen molar-refractivity contribution in [3.63, 3.8) is 0 Å². The normalized spacial score (nSPS) is 20.5. The van der Waals surface area contributed by atoms with E-state index in [1.54, 1.807) is 0 Å². The molecule has 0 heterocycles. The Morgan fingerprint density at radius 3 is 2.40 bits per heavy atom. The summed E-state index contributed by atoms with van der Waals surface area (Å²) in [7, 11) is 0. The zero-order valence-electron chi connectivity index (χ0n) is 5.92. The molecule has 0 aromatic carbocycles. The maximum Gasteiger partial charge on any atom is 0.337 e. The average molecular weight is 142 g/mol. The predicted octanol–water partition coefficient (Wildman–Crippen LogP) is 1.08. The van der Waals surface area contributed by atoms with Gasteiger partial charge in [0, 0.05) is 0 Å². The van der Waals surface area contributed by atoms with Crippen LogP contribution in [0, 0.1) is 0 Å². The van der Waals surface area contributed by atoms with E-state index in [0.29, 0.717) is 5.06 Å². The Labute approximate surface area is 60.6 Å². The molecular formula is C7H12NO2. The predicted molar refractivity (Wildman–Crippen MR) is 36.2 cm³/mol. The average Bonchev–Trinajstić information content (AvgIpc) is 2.05. The fourth-order valence-electron chi connectivity index (χ4n) is 1.40. The van der Waals surface area contributed by atoms with E-state index in [9.17, 15) is 4.79 Å². The monoisotopic (exact) mass is 142 g/mol. The van der Waals surface area contributed by atoms with Crippen LogP contribution in [0.5, 0.6) is 0 Å². The van der Waals surface area contributed by atoms with Gasteiger partial charge in [0.1, 0.15) is 0 Å². The number of amides is 1. The second kappa shape index (κ2) is 3.56. The first-order valence-electron chi connectivity index (χ1n) is 3.70. The van der Waals surface area contributed by atoms with Gasteiger partial charge in [0.05, 0.1) is 6.04 Å². The molecule has 3 heteroatoms. The van der Waals surface area contributed by atoms with Gasteiger partial charge >= 0.3 is 6.41 Å². The lowest BCUT2D eigenvalue weighted by Crippen LogP contribution is -2.32.